The molecule has 2 unspecified atom stereocenters. The highest BCUT2D eigenvalue weighted by Crippen LogP contribution is 2.12. The van der Waals surface area contributed by atoms with Crippen molar-refractivity contribution in [1.29, 1.82) is 0 Å². The Morgan fingerprint density at radius 1 is 0.525 bits per heavy atom. The maximum absolute atomic E-state index is 12.8. The monoisotopic (exact) mass is 851 g/mol. The largest absolute Gasteiger partial charge is 0.477 e. The lowest BCUT2D eigenvalue weighted by Crippen LogP contribution is -2.50. The van der Waals surface area contributed by atoms with E-state index in [9.17, 15) is 19.5 Å². The van der Waals surface area contributed by atoms with Gasteiger partial charge in [-0.1, -0.05) is 169 Å². The molecular weight excluding hydrogens is 763 g/mol. The van der Waals surface area contributed by atoms with E-state index in [2.05, 4.69) is 98.9 Å². The van der Waals surface area contributed by atoms with Crippen LogP contribution in [0.15, 0.2) is 97.2 Å². The van der Waals surface area contributed by atoms with Crippen molar-refractivity contribution in [3.05, 3.63) is 97.2 Å². The first-order chi connectivity index (χ1) is 29.6. The van der Waals surface area contributed by atoms with Crippen LogP contribution in [0.1, 0.15) is 168 Å². The average molecular weight is 851 g/mol. The van der Waals surface area contributed by atoms with Crippen LogP contribution < -0.4 is 0 Å². The van der Waals surface area contributed by atoms with Crippen LogP contribution in [0.3, 0.4) is 0 Å². The number of esters is 2. The summed E-state index contributed by atoms with van der Waals surface area (Å²) in [4.78, 5) is 37.0. The molecule has 0 spiro atoms. The molecular formula is C53H88NO7+. The van der Waals surface area contributed by atoms with E-state index < -0.39 is 18.1 Å². The highest BCUT2D eigenvalue weighted by atomic mass is 16.6. The van der Waals surface area contributed by atoms with Crippen molar-refractivity contribution >= 4 is 17.9 Å². The number of carbonyl (C=O) groups excluding carboxylic acids is 2. The number of quaternary nitrogens is 1. The summed E-state index contributed by atoms with van der Waals surface area (Å²) in [6, 6.07) is -0.634. The summed E-state index contributed by atoms with van der Waals surface area (Å²) in [5.41, 5.74) is 0. The maximum Gasteiger partial charge on any atom is 0.362 e. The summed E-state index contributed by atoms with van der Waals surface area (Å²) in [6.07, 6.45) is 57.5. The number of rotatable bonds is 41. The quantitative estimate of drug-likeness (QED) is 0.0215. The fourth-order valence-corrected chi connectivity index (χ4v) is 6.34. The van der Waals surface area contributed by atoms with Crippen LogP contribution in [0.2, 0.25) is 0 Å². The van der Waals surface area contributed by atoms with E-state index in [4.69, 9.17) is 14.2 Å². The number of aliphatic carboxylic acids is 1. The Balaban J connectivity index is 4.47. The van der Waals surface area contributed by atoms with Gasteiger partial charge in [-0.05, 0) is 77.0 Å². The van der Waals surface area contributed by atoms with Crippen LogP contribution in [0.25, 0.3) is 0 Å². The summed E-state index contributed by atoms with van der Waals surface area (Å²) < 4.78 is 17.2. The minimum atomic E-state index is -0.891. The smallest absolute Gasteiger partial charge is 0.362 e. The highest BCUT2D eigenvalue weighted by Gasteiger charge is 2.31. The molecule has 0 radical (unpaired) electrons. The van der Waals surface area contributed by atoms with Crippen molar-refractivity contribution in [1.82, 2.24) is 0 Å². The second kappa shape index (κ2) is 42.9. The van der Waals surface area contributed by atoms with Crippen LogP contribution in [-0.2, 0) is 28.6 Å². The predicted octanol–water partition coefficient (Wildman–Crippen LogP) is 13.5. The van der Waals surface area contributed by atoms with Crippen LogP contribution in [0.5, 0.6) is 0 Å². The molecule has 0 aromatic rings. The Hall–Kier alpha value is -3.75. The van der Waals surface area contributed by atoms with Gasteiger partial charge in [0.25, 0.3) is 0 Å². The first-order valence-electron chi connectivity index (χ1n) is 23.8. The Bertz CT molecular complexity index is 1310. The number of allylic oxidation sites excluding steroid dienone is 16. The van der Waals surface area contributed by atoms with Gasteiger partial charge in [-0.3, -0.25) is 9.59 Å². The summed E-state index contributed by atoms with van der Waals surface area (Å²) in [5.74, 6) is -1.60. The second-order valence-corrected chi connectivity index (χ2v) is 16.7. The number of carbonyl (C=O) groups is 3. The second-order valence-electron chi connectivity index (χ2n) is 16.7. The zero-order chi connectivity index (χ0) is 44.9. The molecule has 346 valence electrons. The molecule has 0 fully saturated rings. The van der Waals surface area contributed by atoms with E-state index in [1.54, 1.807) is 0 Å². The van der Waals surface area contributed by atoms with Gasteiger partial charge < -0.3 is 23.8 Å². The normalized spacial score (nSPS) is 13.8. The number of carboxylic acids is 1. The van der Waals surface area contributed by atoms with Gasteiger partial charge in [-0.15, -0.1) is 0 Å². The minimum Gasteiger partial charge on any atom is -0.477 e. The lowest BCUT2D eigenvalue weighted by molar-refractivity contribution is -0.887. The minimum absolute atomic E-state index is 0.0253. The third kappa shape index (κ3) is 41.4. The van der Waals surface area contributed by atoms with Gasteiger partial charge >= 0.3 is 17.9 Å². The molecule has 8 heteroatoms. The van der Waals surface area contributed by atoms with Gasteiger partial charge in [-0.2, -0.15) is 0 Å². The molecule has 0 aromatic heterocycles. The Morgan fingerprint density at radius 2 is 1.00 bits per heavy atom. The molecule has 61 heavy (non-hydrogen) atoms. The average Bonchev–Trinajstić information content (AvgIpc) is 3.22. The molecule has 0 rings (SSSR count). The standard InChI is InChI=1S/C53H87NO7/c1-6-8-10-12-14-16-18-20-22-24-26-28-29-31-33-35-37-39-41-43-51(55)60-48-49(47-59-46-45-50(53(57)58)54(3,4)5)61-52(56)44-42-40-38-36-34-32-30-27-25-23-21-19-17-15-13-11-9-7-2/h8,10,14,16,20,22-23,25-28,30-31,33,37,39,49-50H,6-7,9,11-13,15,17-19,21,24,29,32,34-36,38,40-48H2,1-5H3/p+1/b10-8+,16-14+,22-20+,25-23+,28-26+,30-27+,33-31+,39-37+. The van der Waals surface area contributed by atoms with E-state index in [0.717, 1.165) is 83.5 Å². The van der Waals surface area contributed by atoms with Crippen molar-refractivity contribution in [2.45, 2.75) is 180 Å². The van der Waals surface area contributed by atoms with Crippen molar-refractivity contribution in [2.75, 3.05) is 41.0 Å². The van der Waals surface area contributed by atoms with Gasteiger partial charge in [0.15, 0.2) is 12.1 Å². The van der Waals surface area contributed by atoms with E-state index in [-0.39, 0.29) is 42.7 Å². The Morgan fingerprint density at radius 3 is 1.49 bits per heavy atom. The number of likely N-dealkylation sites (N-methyl/N-ethyl adjacent to an activating group) is 1. The number of carboxylic acid groups (broad SMARTS) is 1. The maximum atomic E-state index is 12.8. The number of unbranched alkanes of at least 4 members (excludes halogenated alkanes) is 12. The third-order valence-electron chi connectivity index (χ3n) is 10.0. The van der Waals surface area contributed by atoms with Crippen LogP contribution in [0, 0.1) is 0 Å². The lowest BCUT2D eigenvalue weighted by Gasteiger charge is -2.31. The fourth-order valence-electron chi connectivity index (χ4n) is 6.34. The van der Waals surface area contributed by atoms with Gasteiger partial charge in [-0.25, -0.2) is 4.79 Å². The first kappa shape index (κ1) is 57.2. The molecule has 1 N–H and O–H groups in total. The van der Waals surface area contributed by atoms with Gasteiger partial charge in [0.1, 0.15) is 6.61 Å². The number of hydrogen-bond donors (Lipinski definition) is 1. The van der Waals surface area contributed by atoms with Crippen LogP contribution in [0.4, 0.5) is 0 Å². The molecule has 0 aromatic carbocycles. The molecule has 0 aliphatic rings. The molecule has 0 heterocycles. The van der Waals surface area contributed by atoms with E-state index >= 15 is 0 Å². The molecule has 0 aliphatic carbocycles. The van der Waals surface area contributed by atoms with E-state index in [1.807, 2.05) is 33.3 Å². The zero-order valence-corrected chi connectivity index (χ0v) is 39.3. The topological polar surface area (TPSA) is 99.1 Å². The molecule has 8 nitrogen and oxygen atoms in total. The van der Waals surface area contributed by atoms with Crippen LogP contribution in [-0.4, -0.2) is 80.6 Å². The summed E-state index contributed by atoms with van der Waals surface area (Å²) in [7, 11) is 5.49. The molecule has 0 saturated carbocycles. The summed E-state index contributed by atoms with van der Waals surface area (Å²) >= 11 is 0. The van der Waals surface area contributed by atoms with Gasteiger partial charge in [0, 0.05) is 19.3 Å². The van der Waals surface area contributed by atoms with Gasteiger partial charge in [0.05, 0.1) is 34.4 Å². The van der Waals surface area contributed by atoms with E-state index in [1.165, 1.54) is 44.9 Å². The lowest BCUT2D eigenvalue weighted by atomic mass is 10.1. The van der Waals surface area contributed by atoms with Crippen molar-refractivity contribution < 1.29 is 38.2 Å². The molecule has 0 saturated heterocycles. The third-order valence-corrected chi connectivity index (χ3v) is 10.0. The molecule has 2 atom stereocenters. The highest BCUT2D eigenvalue weighted by molar-refractivity contribution is 5.72. The summed E-state index contributed by atoms with van der Waals surface area (Å²) in [6.45, 7) is 4.51. The van der Waals surface area contributed by atoms with E-state index in [0.29, 0.717) is 19.3 Å². The van der Waals surface area contributed by atoms with Crippen molar-refractivity contribution in [2.24, 2.45) is 0 Å². The van der Waals surface area contributed by atoms with Crippen LogP contribution >= 0.6 is 0 Å². The predicted molar refractivity (Wildman–Crippen MR) is 256 cm³/mol. The van der Waals surface area contributed by atoms with Gasteiger partial charge in [0.2, 0.25) is 0 Å². The SMILES string of the molecule is CC/C=C/C/C=C/C/C=C/C/C=C/C/C=C/C/C=C/CCC(=O)OCC(COCCC(C(=O)O)[N+](C)(C)C)OC(=O)CCCCCCC/C=C/C=C/CCCCCCCCC. The molecule has 0 bridgehead atoms. The number of hydrogen-bond acceptors (Lipinski definition) is 6. The Labute approximate surface area is 373 Å². The number of ether oxygens (including phenoxy) is 3. The number of nitrogens with zero attached hydrogens (tertiary/aromatic N) is 1. The van der Waals surface area contributed by atoms with Crippen molar-refractivity contribution in [3.8, 4) is 0 Å². The summed E-state index contributed by atoms with van der Waals surface area (Å²) in [5, 5.41) is 9.63. The first-order valence-corrected chi connectivity index (χ1v) is 23.8. The molecule has 0 amide bonds. The fraction of sp³-hybridized carbons (Fsp3) is 0.642. The Kier molecular flexibility index (Phi) is 40.3. The van der Waals surface area contributed by atoms with Crippen molar-refractivity contribution in [3.63, 3.8) is 0 Å². The zero-order valence-electron chi connectivity index (χ0n) is 39.3. The molecule has 0 aliphatic heterocycles.